The number of nitrogens with one attached hydrogen (secondary N) is 1. The Morgan fingerprint density at radius 2 is 1.80 bits per heavy atom. The number of fused-ring (bicyclic) bond motifs is 5. The van der Waals surface area contributed by atoms with E-state index in [9.17, 15) is 4.79 Å². The largest absolute Gasteiger partial charge is 0.374 e. The lowest BCUT2D eigenvalue weighted by Crippen LogP contribution is -2.36. The summed E-state index contributed by atoms with van der Waals surface area (Å²) >= 11 is 0. The molecule has 25 heavy (non-hydrogen) atoms. The van der Waals surface area contributed by atoms with Crippen molar-refractivity contribution in [2.24, 2.45) is 11.8 Å². The van der Waals surface area contributed by atoms with Crippen molar-refractivity contribution in [1.82, 2.24) is 14.7 Å². The summed E-state index contributed by atoms with van der Waals surface area (Å²) in [5.41, 5.74) is 0.977. The van der Waals surface area contributed by atoms with Crippen LogP contribution in [0.25, 0.3) is 0 Å². The highest BCUT2D eigenvalue weighted by molar-refractivity contribution is 5.88. The Kier molecular flexibility index (Phi) is 3.77. The van der Waals surface area contributed by atoms with Crippen LogP contribution >= 0.6 is 0 Å². The maximum absolute atomic E-state index is 12.9. The van der Waals surface area contributed by atoms with E-state index in [1.54, 1.807) is 0 Å². The molecule has 1 aromatic heterocycles. The fourth-order valence-electron chi connectivity index (χ4n) is 5.53. The van der Waals surface area contributed by atoms with Crippen molar-refractivity contribution in [1.29, 1.82) is 0 Å². The third-order valence-electron chi connectivity index (χ3n) is 6.75. The molecule has 4 fully saturated rings. The second kappa shape index (κ2) is 6.01. The zero-order valence-electron chi connectivity index (χ0n) is 15.0. The number of carbonyl (C=O) groups is 1. The topological polar surface area (TPSA) is 59.4 Å². The molecule has 5 rings (SSSR count). The number of aromatic nitrogens is 2. The van der Waals surface area contributed by atoms with Gasteiger partial charge in [0.15, 0.2) is 0 Å². The van der Waals surface area contributed by atoms with Crippen LogP contribution in [0.1, 0.15) is 56.7 Å². The summed E-state index contributed by atoms with van der Waals surface area (Å²) in [4.78, 5) is 14.9. The van der Waals surface area contributed by atoms with Crippen molar-refractivity contribution in [3.8, 4) is 0 Å². The van der Waals surface area contributed by atoms with Gasteiger partial charge in [0.25, 0.3) is 0 Å². The first-order valence-electron chi connectivity index (χ1n) is 9.96. The molecule has 2 bridgehead atoms. The minimum Gasteiger partial charge on any atom is -0.374 e. The summed E-state index contributed by atoms with van der Waals surface area (Å²) in [5, 5.41) is 7.83. The highest BCUT2D eigenvalue weighted by Crippen LogP contribution is 2.47. The number of rotatable bonds is 2. The molecule has 3 aliphatic heterocycles. The predicted molar refractivity (Wildman–Crippen MR) is 94.6 cm³/mol. The number of amides is 2. The van der Waals surface area contributed by atoms with Gasteiger partial charge in [-0.15, -0.1) is 0 Å². The molecule has 6 heteroatoms. The van der Waals surface area contributed by atoms with Crippen LogP contribution < -0.4 is 5.32 Å². The average Bonchev–Trinajstić information content (AvgIpc) is 3.37. The van der Waals surface area contributed by atoms with Gasteiger partial charge in [0.05, 0.1) is 23.9 Å². The Morgan fingerprint density at radius 3 is 2.48 bits per heavy atom. The summed E-state index contributed by atoms with van der Waals surface area (Å²) in [7, 11) is 0. The Labute approximate surface area is 148 Å². The van der Waals surface area contributed by atoms with Crippen LogP contribution in [0, 0.1) is 18.8 Å². The highest BCUT2D eigenvalue weighted by atomic mass is 16.5. The third-order valence-corrected chi connectivity index (χ3v) is 6.75. The van der Waals surface area contributed by atoms with Crippen LogP contribution in [0.5, 0.6) is 0 Å². The highest BCUT2D eigenvalue weighted by Gasteiger charge is 2.53. The smallest absolute Gasteiger partial charge is 0.323 e. The van der Waals surface area contributed by atoms with Gasteiger partial charge in [-0.3, -0.25) is 5.32 Å². The predicted octanol–water partition coefficient (Wildman–Crippen LogP) is 3.34. The average molecular weight is 344 g/mol. The van der Waals surface area contributed by atoms with Crippen molar-refractivity contribution in [2.45, 2.75) is 70.1 Å². The van der Waals surface area contributed by atoms with Crippen molar-refractivity contribution in [3.05, 3.63) is 11.8 Å². The van der Waals surface area contributed by atoms with Gasteiger partial charge in [-0.2, -0.15) is 5.10 Å². The zero-order valence-corrected chi connectivity index (χ0v) is 15.0. The van der Waals surface area contributed by atoms with Gasteiger partial charge in [0.1, 0.15) is 5.82 Å². The van der Waals surface area contributed by atoms with Crippen LogP contribution in [0.2, 0.25) is 0 Å². The van der Waals surface area contributed by atoms with E-state index in [4.69, 9.17) is 4.74 Å². The minimum atomic E-state index is 0.0331. The van der Waals surface area contributed by atoms with E-state index in [0.29, 0.717) is 30.1 Å². The SMILES string of the molecule is Cc1cc(NC(=O)N2C[C@@H]3[C@H](C2)[C@H]2CC[C@@H]3O2)n(C2CCCCC2)n1. The summed E-state index contributed by atoms with van der Waals surface area (Å²) < 4.78 is 8.08. The van der Waals surface area contributed by atoms with Crippen LogP contribution in [0.4, 0.5) is 10.6 Å². The van der Waals surface area contributed by atoms with Crippen molar-refractivity contribution in [2.75, 3.05) is 18.4 Å². The number of anilines is 1. The minimum absolute atomic E-state index is 0.0331. The molecule has 1 aliphatic carbocycles. The molecule has 4 aliphatic rings. The van der Waals surface area contributed by atoms with E-state index < -0.39 is 0 Å². The maximum Gasteiger partial charge on any atom is 0.323 e. The second-order valence-corrected chi connectivity index (χ2v) is 8.36. The van der Waals surface area contributed by atoms with Crippen LogP contribution in [0.15, 0.2) is 6.07 Å². The summed E-state index contributed by atoms with van der Waals surface area (Å²) in [6, 6.07) is 2.47. The Hall–Kier alpha value is -1.56. The molecule has 0 spiro atoms. The molecule has 0 unspecified atom stereocenters. The molecule has 0 aromatic carbocycles. The van der Waals surface area contributed by atoms with E-state index >= 15 is 0 Å². The normalized spacial score (nSPS) is 34.5. The summed E-state index contributed by atoms with van der Waals surface area (Å²) in [6.45, 7) is 3.69. The van der Waals surface area contributed by atoms with Crippen molar-refractivity contribution in [3.63, 3.8) is 0 Å². The van der Waals surface area contributed by atoms with E-state index in [2.05, 4.69) is 15.1 Å². The molecular weight excluding hydrogens is 316 g/mol. The number of nitrogens with zero attached hydrogens (tertiary/aromatic N) is 3. The maximum atomic E-state index is 12.9. The Balaban J connectivity index is 1.28. The standard InChI is InChI=1S/C19H28N4O2/c1-12-9-18(23(21-12)13-5-3-2-4-6-13)20-19(24)22-10-14-15(11-22)17-8-7-16(14)25-17/h9,13-17H,2-8,10-11H2,1H3,(H,20,24)/t14-,15+,16+,17-. The van der Waals surface area contributed by atoms with E-state index in [1.807, 2.05) is 17.9 Å². The van der Waals surface area contributed by atoms with Gasteiger partial charge in [0, 0.05) is 31.0 Å². The lowest BCUT2D eigenvalue weighted by molar-refractivity contribution is 0.0746. The molecule has 2 amide bonds. The molecule has 1 aromatic rings. The van der Waals surface area contributed by atoms with Crippen LogP contribution in [0.3, 0.4) is 0 Å². The number of urea groups is 1. The summed E-state index contributed by atoms with van der Waals surface area (Å²) in [6.07, 6.45) is 9.30. The van der Waals surface area contributed by atoms with Gasteiger partial charge in [-0.1, -0.05) is 19.3 Å². The molecule has 136 valence electrons. The fourth-order valence-corrected chi connectivity index (χ4v) is 5.53. The lowest BCUT2D eigenvalue weighted by atomic mass is 9.82. The monoisotopic (exact) mass is 344 g/mol. The first kappa shape index (κ1) is 15.7. The molecule has 1 N–H and O–H groups in total. The molecule has 0 radical (unpaired) electrons. The Morgan fingerprint density at radius 1 is 1.12 bits per heavy atom. The van der Waals surface area contributed by atoms with Gasteiger partial charge in [-0.05, 0) is 32.6 Å². The second-order valence-electron chi connectivity index (χ2n) is 8.36. The number of likely N-dealkylation sites (tertiary alicyclic amines) is 1. The van der Waals surface area contributed by atoms with Crippen LogP contribution in [-0.4, -0.2) is 46.0 Å². The lowest BCUT2D eigenvalue weighted by Gasteiger charge is -2.25. The van der Waals surface area contributed by atoms with Crippen LogP contribution in [-0.2, 0) is 4.74 Å². The number of hydrogen-bond donors (Lipinski definition) is 1. The van der Waals surface area contributed by atoms with Crippen molar-refractivity contribution < 1.29 is 9.53 Å². The number of carbonyl (C=O) groups excluding carboxylic acids is 1. The summed E-state index contributed by atoms with van der Waals surface area (Å²) in [5.74, 6) is 1.97. The van der Waals surface area contributed by atoms with Crippen molar-refractivity contribution >= 4 is 11.8 Å². The number of ether oxygens (including phenoxy) is 1. The van der Waals surface area contributed by atoms with E-state index in [-0.39, 0.29) is 6.03 Å². The van der Waals surface area contributed by atoms with Gasteiger partial charge in [-0.25, -0.2) is 9.48 Å². The number of hydrogen-bond acceptors (Lipinski definition) is 3. The molecule has 3 saturated heterocycles. The zero-order chi connectivity index (χ0) is 17.0. The van der Waals surface area contributed by atoms with E-state index in [0.717, 1.165) is 24.6 Å². The quantitative estimate of drug-likeness (QED) is 0.895. The molecule has 6 nitrogen and oxygen atoms in total. The fraction of sp³-hybridized carbons (Fsp3) is 0.789. The van der Waals surface area contributed by atoms with Gasteiger partial charge in [0.2, 0.25) is 0 Å². The van der Waals surface area contributed by atoms with E-state index in [1.165, 1.54) is 44.9 Å². The molecule has 4 heterocycles. The first-order chi connectivity index (χ1) is 12.2. The number of aryl methyl sites for hydroxylation is 1. The molecule has 1 saturated carbocycles. The van der Waals surface area contributed by atoms with Gasteiger partial charge < -0.3 is 9.64 Å². The van der Waals surface area contributed by atoms with Gasteiger partial charge >= 0.3 is 6.03 Å². The first-order valence-corrected chi connectivity index (χ1v) is 9.96. The molecule has 4 atom stereocenters. The Bertz CT molecular complexity index is 648. The molecular formula is C19H28N4O2. The third kappa shape index (κ3) is 2.65.